The molecule has 5 nitrogen and oxygen atoms in total. The van der Waals surface area contributed by atoms with E-state index >= 15 is 0 Å². The second-order valence-electron chi connectivity index (χ2n) is 4.07. The molecule has 2 aromatic heterocycles. The van der Waals surface area contributed by atoms with Crippen molar-refractivity contribution in [1.29, 1.82) is 0 Å². The second kappa shape index (κ2) is 5.63. The smallest absolute Gasteiger partial charge is 0.350 e. The molecule has 0 saturated heterocycles. The third kappa shape index (κ3) is 2.74. The van der Waals surface area contributed by atoms with Crippen LogP contribution in [-0.2, 0) is 6.54 Å². The van der Waals surface area contributed by atoms with Crippen molar-refractivity contribution in [3.8, 4) is 0 Å². The Labute approximate surface area is 99.3 Å². The predicted molar refractivity (Wildman–Crippen MR) is 65.0 cm³/mol. The summed E-state index contributed by atoms with van der Waals surface area (Å²) in [6.07, 6.45) is 5.50. The minimum Gasteiger partial charge on any atom is -0.396 e. The van der Waals surface area contributed by atoms with Crippen LogP contribution >= 0.6 is 0 Å². The van der Waals surface area contributed by atoms with E-state index in [2.05, 4.69) is 5.10 Å². The van der Waals surface area contributed by atoms with Crippen molar-refractivity contribution in [3.05, 3.63) is 34.9 Å². The van der Waals surface area contributed by atoms with Gasteiger partial charge in [-0.05, 0) is 25.0 Å². The molecule has 2 heterocycles. The normalized spacial score (nSPS) is 11.1. The quantitative estimate of drug-likeness (QED) is 0.761. The van der Waals surface area contributed by atoms with E-state index in [9.17, 15) is 4.79 Å². The number of unbranched alkanes of at least 4 members (excludes halogenated alkanes) is 3. The van der Waals surface area contributed by atoms with Crippen LogP contribution in [0.15, 0.2) is 29.2 Å². The number of hydrogen-bond donors (Lipinski definition) is 1. The molecule has 5 heteroatoms. The summed E-state index contributed by atoms with van der Waals surface area (Å²) in [5.41, 5.74) is 0.607. The lowest BCUT2D eigenvalue weighted by molar-refractivity contribution is 0.282. The van der Waals surface area contributed by atoms with E-state index in [-0.39, 0.29) is 12.3 Å². The van der Waals surface area contributed by atoms with Crippen LogP contribution in [-0.4, -0.2) is 25.9 Å². The SMILES string of the molecule is O=c1n(CCCCCCO)nc2ccccn12. The molecule has 0 aliphatic rings. The van der Waals surface area contributed by atoms with Crippen LogP contribution in [0.2, 0.25) is 0 Å². The number of aliphatic hydroxyl groups is 1. The Morgan fingerprint density at radius 3 is 2.76 bits per heavy atom. The van der Waals surface area contributed by atoms with Gasteiger partial charge in [0, 0.05) is 19.3 Å². The summed E-state index contributed by atoms with van der Waals surface area (Å²) in [5, 5.41) is 12.9. The first-order chi connectivity index (χ1) is 8.33. The molecule has 17 heavy (non-hydrogen) atoms. The molecule has 2 rings (SSSR count). The average Bonchev–Trinajstić information content (AvgIpc) is 2.67. The summed E-state index contributed by atoms with van der Waals surface area (Å²) in [5.74, 6) is 0. The number of aryl methyl sites for hydroxylation is 1. The highest BCUT2D eigenvalue weighted by Gasteiger charge is 2.04. The number of aromatic nitrogens is 3. The molecular weight excluding hydrogens is 218 g/mol. The summed E-state index contributed by atoms with van der Waals surface area (Å²) in [7, 11) is 0. The number of hydrogen-bond acceptors (Lipinski definition) is 3. The number of nitrogens with zero attached hydrogens (tertiary/aromatic N) is 3. The van der Waals surface area contributed by atoms with E-state index < -0.39 is 0 Å². The summed E-state index contributed by atoms with van der Waals surface area (Å²) in [4.78, 5) is 11.9. The maximum atomic E-state index is 11.9. The second-order valence-corrected chi connectivity index (χ2v) is 4.07. The van der Waals surface area contributed by atoms with Crippen LogP contribution in [0.1, 0.15) is 25.7 Å². The Morgan fingerprint density at radius 1 is 1.18 bits per heavy atom. The van der Waals surface area contributed by atoms with Crippen LogP contribution in [0.3, 0.4) is 0 Å². The topological polar surface area (TPSA) is 59.5 Å². The van der Waals surface area contributed by atoms with Gasteiger partial charge in [-0.15, -0.1) is 5.10 Å². The van der Waals surface area contributed by atoms with Crippen molar-refractivity contribution in [2.75, 3.05) is 6.61 Å². The third-order valence-electron chi connectivity index (χ3n) is 2.77. The largest absolute Gasteiger partial charge is 0.396 e. The van der Waals surface area contributed by atoms with Gasteiger partial charge in [0.2, 0.25) is 0 Å². The highest BCUT2D eigenvalue weighted by atomic mass is 16.2. The lowest BCUT2D eigenvalue weighted by Gasteiger charge is -1.99. The highest BCUT2D eigenvalue weighted by Crippen LogP contribution is 2.01. The Bertz CT molecular complexity index is 530. The monoisotopic (exact) mass is 235 g/mol. The van der Waals surface area contributed by atoms with Crippen molar-refractivity contribution in [2.45, 2.75) is 32.2 Å². The van der Waals surface area contributed by atoms with E-state index in [0.717, 1.165) is 25.7 Å². The number of pyridine rings is 1. The standard InChI is InChI=1S/C12H17N3O2/c16-10-6-2-1-4-9-15-12(17)14-8-5-3-7-11(14)13-15/h3,5,7-8,16H,1-2,4,6,9-10H2. The van der Waals surface area contributed by atoms with Crippen molar-refractivity contribution in [3.63, 3.8) is 0 Å². The zero-order valence-electron chi connectivity index (χ0n) is 9.75. The molecule has 0 saturated carbocycles. The maximum Gasteiger partial charge on any atom is 0.350 e. The minimum atomic E-state index is -0.0808. The number of fused-ring (bicyclic) bond motifs is 1. The Kier molecular flexibility index (Phi) is 3.93. The molecule has 0 bridgehead atoms. The van der Waals surface area contributed by atoms with Crippen molar-refractivity contribution in [1.82, 2.24) is 14.2 Å². The van der Waals surface area contributed by atoms with Gasteiger partial charge >= 0.3 is 5.69 Å². The minimum absolute atomic E-state index is 0.0808. The fourth-order valence-corrected chi connectivity index (χ4v) is 1.84. The molecule has 0 spiro atoms. The lowest BCUT2D eigenvalue weighted by Crippen LogP contribution is -2.21. The maximum absolute atomic E-state index is 11.9. The van der Waals surface area contributed by atoms with E-state index in [4.69, 9.17) is 5.11 Å². The summed E-state index contributed by atoms with van der Waals surface area (Å²) >= 11 is 0. The molecular formula is C12H17N3O2. The molecule has 0 amide bonds. The molecule has 0 fully saturated rings. The summed E-state index contributed by atoms with van der Waals surface area (Å²) in [6, 6.07) is 5.51. The summed E-state index contributed by atoms with van der Waals surface area (Å²) in [6.45, 7) is 0.889. The van der Waals surface area contributed by atoms with Gasteiger partial charge in [-0.1, -0.05) is 18.9 Å². The Hall–Kier alpha value is -1.62. The van der Waals surface area contributed by atoms with Crippen molar-refractivity contribution < 1.29 is 5.11 Å². The van der Waals surface area contributed by atoms with Gasteiger partial charge in [-0.25, -0.2) is 9.48 Å². The van der Waals surface area contributed by atoms with Gasteiger partial charge in [0.25, 0.3) is 0 Å². The highest BCUT2D eigenvalue weighted by molar-refractivity contribution is 5.35. The van der Waals surface area contributed by atoms with Crippen molar-refractivity contribution >= 4 is 5.65 Å². The molecule has 2 aromatic rings. The number of aliphatic hydroxyl groups excluding tert-OH is 1. The van der Waals surface area contributed by atoms with Gasteiger partial charge < -0.3 is 5.11 Å². The fraction of sp³-hybridized carbons (Fsp3) is 0.500. The van der Waals surface area contributed by atoms with E-state index in [0.29, 0.717) is 12.2 Å². The molecule has 0 aliphatic carbocycles. The Morgan fingerprint density at radius 2 is 2.00 bits per heavy atom. The van der Waals surface area contributed by atoms with Crippen LogP contribution in [0.25, 0.3) is 5.65 Å². The van der Waals surface area contributed by atoms with Crippen LogP contribution in [0.5, 0.6) is 0 Å². The fourth-order valence-electron chi connectivity index (χ4n) is 1.84. The molecule has 0 unspecified atom stereocenters. The molecule has 0 radical (unpaired) electrons. The van der Waals surface area contributed by atoms with Crippen LogP contribution in [0.4, 0.5) is 0 Å². The third-order valence-corrected chi connectivity index (χ3v) is 2.77. The van der Waals surface area contributed by atoms with Crippen LogP contribution in [0, 0.1) is 0 Å². The van der Waals surface area contributed by atoms with Crippen LogP contribution < -0.4 is 5.69 Å². The molecule has 92 valence electrons. The van der Waals surface area contributed by atoms with E-state index in [1.807, 2.05) is 18.2 Å². The van der Waals surface area contributed by atoms with Gasteiger partial charge in [-0.2, -0.15) is 0 Å². The van der Waals surface area contributed by atoms with Gasteiger partial charge in [-0.3, -0.25) is 4.40 Å². The van der Waals surface area contributed by atoms with Gasteiger partial charge in [0.05, 0.1) is 0 Å². The average molecular weight is 235 g/mol. The zero-order chi connectivity index (χ0) is 12.1. The first kappa shape index (κ1) is 11.9. The molecule has 0 atom stereocenters. The van der Waals surface area contributed by atoms with Gasteiger partial charge in [0.15, 0.2) is 5.65 Å². The first-order valence-electron chi connectivity index (χ1n) is 5.98. The molecule has 0 aromatic carbocycles. The number of rotatable bonds is 6. The zero-order valence-corrected chi connectivity index (χ0v) is 9.75. The predicted octanol–water partition coefficient (Wildman–Crippen LogP) is 1.05. The molecule has 0 aliphatic heterocycles. The summed E-state index contributed by atoms with van der Waals surface area (Å²) < 4.78 is 3.06. The van der Waals surface area contributed by atoms with Crippen molar-refractivity contribution in [2.24, 2.45) is 0 Å². The molecule has 1 N–H and O–H groups in total. The Balaban J connectivity index is 1.99. The first-order valence-corrected chi connectivity index (χ1v) is 5.98. The van der Waals surface area contributed by atoms with E-state index in [1.165, 1.54) is 4.68 Å². The van der Waals surface area contributed by atoms with E-state index in [1.54, 1.807) is 10.6 Å². The van der Waals surface area contributed by atoms with Gasteiger partial charge in [0.1, 0.15) is 0 Å². The lowest BCUT2D eigenvalue weighted by atomic mass is 10.2.